The molecule has 7 heteroatoms. The van der Waals surface area contributed by atoms with Crippen molar-refractivity contribution >= 4 is 17.7 Å². The van der Waals surface area contributed by atoms with Crippen molar-refractivity contribution in [1.82, 2.24) is 16.1 Å². The number of unbranched alkanes of at least 4 members (excludes halogenated alkanes) is 3. The molecule has 0 fully saturated rings. The van der Waals surface area contributed by atoms with Crippen molar-refractivity contribution in [3.8, 4) is 0 Å². The second-order valence-corrected chi connectivity index (χ2v) is 5.87. The molecule has 0 saturated carbocycles. The van der Waals surface area contributed by atoms with Crippen molar-refractivity contribution < 1.29 is 19.6 Å². The molecule has 0 radical (unpaired) electrons. The molecule has 0 unspecified atom stereocenters. The Morgan fingerprint density at radius 2 is 1.56 bits per heavy atom. The lowest BCUT2D eigenvalue weighted by Crippen LogP contribution is -2.47. The van der Waals surface area contributed by atoms with Crippen LogP contribution in [0.5, 0.6) is 0 Å². The molecule has 3 amide bonds. The van der Waals surface area contributed by atoms with Crippen molar-refractivity contribution in [2.45, 2.75) is 51.0 Å². The maximum atomic E-state index is 12.1. The molecule has 0 bridgehead atoms. The first-order valence-corrected chi connectivity index (χ1v) is 8.54. The van der Waals surface area contributed by atoms with Crippen molar-refractivity contribution in [2.24, 2.45) is 0 Å². The maximum absolute atomic E-state index is 12.1. The van der Waals surface area contributed by atoms with Crippen LogP contribution in [0.15, 0.2) is 30.3 Å². The van der Waals surface area contributed by atoms with E-state index in [1.54, 1.807) is 12.5 Å². The third-order valence-corrected chi connectivity index (χ3v) is 3.86. The molecule has 0 heterocycles. The van der Waals surface area contributed by atoms with Gasteiger partial charge in [0.1, 0.15) is 6.04 Å². The molecule has 1 atom stereocenters. The van der Waals surface area contributed by atoms with Crippen LogP contribution >= 0.6 is 0 Å². The summed E-state index contributed by atoms with van der Waals surface area (Å²) >= 11 is 0. The monoisotopic (exact) mass is 349 g/mol. The van der Waals surface area contributed by atoms with Crippen molar-refractivity contribution in [2.75, 3.05) is 7.05 Å². The average molecular weight is 349 g/mol. The molecule has 138 valence electrons. The van der Waals surface area contributed by atoms with Crippen LogP contribution in [0.4, 0.5) is 0 Å². The highest BCUT2D eigenvalue weighted by molar-refractivity contribution is 5.87. The molecule has 1 aromatic rings. The SMILES string of the molecule is CNC(=O)[C@@H](Cc1ccccc1)NC(=O)CCCCCCC(=O)NO. The lowest BCUT2D eigenvalue weighted by molar-refractivity contribution is -0.129. The zero-order chi connectivity index (χ0) is 18.5. The number of carbonyl (C=O) groups is 3. The topological polar surface area (TPSA) is 108 Å². The van der Waals surface area contributed by atoms with Crippen LogP contribution in [0.2, 0.25) is 0 Å². The smallest absolute Gasteiger partial charge is 0.243 e. The first-order valence-electron chi connectivity index (χ1n) is 8.54. The van der Waals surface area contributed by atoms with Gasteiger partial charge in [-0.1, -0.05) is 43.2 Å². The summed E-state index contributed by atoms with van der Waals surface area (Å²) in [6.45, 7) is 0. The van der Waals surface area contributed by atoms with E-state index in [4.69, 9.17) is 5.21 Å². The van der Waals surface area contributed by atoms with Gasteiger partial charge in [0.25, 0.3) is 0 Å². The zero-order valence-electron chi connectivity index (χ0n) is 14.6. The number of nitrogens with one attached hydrogen (secondary N) is 3. The van der Waals surface area contributed by atoms with Gasteiger partial charge >= 0.3 is 0 Å². The van der Waals surface area contributed by atoms with E-state index in [9.17, 15) is 14.4 Å². The first kappa shape index (κ1) is 20.6. The second kappa shape index (κ2) is 12.0. The van der Waals surface area contributed by atoms with Gasteiger partial charge in [0.05, 0.1) is 0 Å². The van der Waals surface area contributed by atoms with Gasteiger partial charge in [-0.15, -0.1) is 0 Å². The van der Waals surface area contributed by atoms with Crippen molar-refractivity contribution in [3.05, 3.63) is 35.9 Å². The number of hydrogen-bond donors (Lipinski definition) is 4. The quantitative estimate of drug-likeness (QED) is 0.274. The summed E-state index contributed by atoms with van der Waals surface area (Å²) in [5.41, 5.74) is 2.58. The van der Waals surface area contributed by atoms with Gasteiger partial charge in [-0.3, -0.25) is 19.6 Å². The first-order chi connectivity index (χ1) is 12.1. The van der Waals surface area contributed by atoms with Crippen LogP contribution in [0, 0.1) is 0 Å². The highest BCUT2D eigenvalue weighted by Gasteiger charge is 2.19. The lowest BCUT2D eigenvalue weighted by Gasteiger charge is -2.17. The molecule has 7 nitrogen and oxygen atoms in total. The highest BCUT2D eigenvalue weighted by Crippen LogP contribution is 2.07. The van der Waals surface area contributed by atoms with Crippen LogP contribution in [0.1, 0.15) is 44.1 Å². The summed E-state index contributed by atoms with van der Waals surface area (Å²) < 4.78 is 0. The van der Waals surface area contributed by atoms with E-state index < -0.39 is 11.9 Å². The van der Waals surface area contributed by atoms with E-state index in [1.807, 2.05) is 30.3 Å². The Bertz CT molecular complexity index is 549. The summed E-state index contributed by atoms with van der Waals surface area (Å²) in [5, 5.41) is 13.7. The number of carbonyl (C=O) groups excluding carboxylic acids is 3. The summed E-state index contributed by atoms with van der Waals surface area (Å²) in [6, 6.07) is 8.95. The molecule has 0 aliphatic carbocycles. The minimum absolute atomic E-state index is 0.155. The number of benzene rings is 1. The Morgan fingerprint density at radius 1 is 0.960 bits per heavy atom. The molecular weight excluding hydrogens is 322 g/mol. The van der Waals surface area contributed by atoms with E-state index in [1.165, 1.54) is 0 Å². The van der Waals surface area contributed by atoms with E-state index in [0.29, 0.717) is 25.7 Å². The largest absolute Gasteiger partial charge is 0.357 e. The van der Waals surface area contributed by atoms with Gasteiger partial charge in [0.2, 0.25) is 17.7 Å². The van der Waals surface area contributed by atoms with Crippen LogP contribution in [-0.4, -0.2) is 36.0 Å². The summed E-state index contributed by atoms with van der Waals surface area (Å²) in [6.07, 6.45) is 4.05. The van der Waals surface area contributed by atoms with Gasteiger partial charge in [-0.05, 0) is 18.4 Å². The fourth-order valence-corrected chi connectivity index (χ4v) is 2.48. The molecular formula is C18H27N3O4. The molecule has 25 heavy (non-hydrogen) atoms. The fraction of sp³-hybridized carbons (Fsp3) is 0.500. The Balaban J connectivity index is 2.32. The summed E-state index contributed by atoms with van der Waals surface area (Å²) in [7, 11) is 1.55. The molecule has 0 saturated heterocycles. The molecule has 1 aromatic carbocycles. The number of hydroxylamine groups is 1. The lowest BCUT2D eigenvalue weighted by atomic mass is 10.0. The van der Waals surface area contributed by atoms with E-state index in [2.05, 4.69) is 10.6 Å². The molecule has 4 N–H and O–H groups in total. The van der Waals surface area contributed by atoms with Gasteiger partial charge in [-0.2, -0.15) is 0 Å². The molecule has 0 aromatic heterocycles. The van der Waals surface area contributed by atoms with E-state index in [0.717, 1.165) is 18.4 Å². The molecule has 0 spiro atoms. The van der Waals surface area contributed by atoms with Crippen LogP contribution in [0.3, 0.4) is 0 Å². The summed E-state index contributed by atoms with van der Waals surface area (Å²) in [4.78, 5) is 34.9. The van der Waals surface area contributed by atoms with Crippen LogP contribution in [-0.2, 0) is 20.8 Å². The average Bonchev–Trinajstić information content (AvgIpc) is 2.63. The molecule has 0 aliphatic rings. The fourth-order valence-electron chi connectivity index (χ4n) is 2.48. The van der Waals surface area contributed by atoms with Gasteiger partial charge in [-0.25, -0.2) is 5.48 Å². The minimum atomic E-state index is -0.590. The molecule has 1 rings (SSSR count). The van der Waals surface area contributed by atoms with Gasteiger partial charge in [0, 0.05) is 26.3 Å². The van der Waals surface area contributed by atoms with Crippen molar-refractivity contribution in [3.63, 3.8) is 0 Å². The highest BCUT2D eigenvalue weighted by atomic mass is 16.5. The van der Waals surface area contributed by atoms with Gasteiger partial charge < -0.3 is 10.6 Å². The second-order valence-electron chi connectivity index (χ2n) is 5.87. The Labute approximate surface area is 148 Å². The normalized spacial score (nSPS) is 11.4. The Hall–Kier alpha value is -2.41. The third kappa shape index (κ3) is 8.85. The number of likely N-dealkylation sites (N-methyl/N-ethyl adjacent to an activating group) is 1. The van der Waals surface area contributed by atoms with Gasteiger partial charge in [0.15, 0.2) is 0 Å². The van der Waals surface area contributed by atoms with E-state index in [-0.39, 0.29) is 18.2 Å². The van der Waals surface area contributed by atoms with Crippen LogP contribution < -0.4 is 16.1 Å². The molecule has 0 aliphatic heterocycles. The standard InChI is InChI=1S/C18H27N3O4/c1-19-18(24)15(13-14-9-5-4-6-10-14)20-16(22)11-7-2-3-8-12-17(23)21-25/h4-6,9-10,15,25H,2-3,7-8,11-13H2,1H3,(H,19,24)(H,20,22)(H,21,23)/t15-/m1/s1. The number of rotatable bonds is 11. The number of hydrogen-bond acceptors (Lipinski definition) is 4. The maximum Gasteiger partial charge on any atom is 0.243 e. The third-order valence-electron chi connectivity index (χ3n) is 3.86. The number of amides is 3. The predicted molar refractivity (Wildman–Crippen MR) is 93.8 cm³/mol. The predicted octanol–water partition coefficient (Wildman–Crippen LogP) is 1.31. The van der Waals surface area contributed by atoms with Crippen molar-refractivity contribution in [1.29, 1.82) is 0 Å². The van der Waals surface area contributed by atoms with Crippen LogP contribution in [0.25, 0.3) is 0 Å². The summed E-state index contributed by atoms with van der Waals surface area (Å²) in [5.74, 6) is -0.767. The Kier molecular flexibility index (Phi) is 9.92. The minimum Gasteiger partial charge on any atom is -0.357 e. The Morgan fingerprint density at radius 3 is 2.12 bits per heavy atom. The van der Waals surface area contributed by atoms with E-state index >= 15 is 0 Å². The zero-order valence-corrected chi connectivity index (χ0v) is 14.6.